The minimum atomic E-state index is -0.0526. The number of carbonyl (C=O) groups is 1. The minimum Gasteiger partial charge on any atom is -0.379 e. The lowest BCUT2D eigenvalue weighted by Gasteiger charge is -2.26. The number of hydrogen-bond acceptors (Lipinski definition) is 6. The number of aromatic nitrogens is 1. The second-order valence-corrected chi connectivity index (χ2v) is 6.92. The van der Waals surface area contributed by atoms with Gasteiger partial charge < -0.3 is 10.1 Å². The normalized spacial score (nSPS) is 17.3. The Morgan fingerprint density at radius 1 is 1.41 bits per heavy atom. The van der Waals surface area contributed by atoms with Crippen LogP contribution in [0.25, 0.3) is 0 Å². The first kappa shape index (κ1) is 15.6. The number of morpholine rings is 1. The smallest absolute Gasteiger partial charge is 0.234 e. The molecular weight excluding hydrogens is 318 g/mol. The molecule has 0 aromatic carbocycles. The van der Waals surface area contributed by atoms with Crippen molar-refractivity contribution in [1.82, 2.24) is 15.2 Å². The zero-order valence-corrected chi connectivity index (χ0v) is 13.9. The zero-order chi connectivity index (χ0) is 15.2. The van der Waals surface area contributed by atoms with Crippen molar-refractivity contribution in [3.63, 3.8) is 0 Å². The van der Waals surface area contributed by atoms with Crippen LogP contribution < -0.4 is 5.32 Å². The molecule has 3 rings (SSSR count). The van der Waals surface area contributed by atoms with Gasteiger partial charge in [-0.1, -0.05) is 0 Å². The van der Waals surface area contributed by atoms with Gasteiger partial charge in [-0.3, -0.25) is 9.69 Å². The summed E-state index contributed by atoms with van der Waals surface area (Å²) in [6.45, 7) is 3.48. The van der Waals surface area contributed by atoms with E-state index in [2.05, 4.69) is 32.0 Å². The van der Waals surface area contributed by atoms with Crippen LogP contribution in [0.4, 0.5) is 0 Å². The number of thiazole rings is 1. The fourth-order valence-electron chi connectivity index (χ4n) is 2.45. The Balaban J connectivity index is 1.60. The van der Waals surface area contributed by atoms with Gasteiger partial charge in [0.15, 0.2) is 0 Å². The summed E-state index contributed by atoms with van der Waals surface area (Å²) in [5.74, 6) is 0.0531. The summed E-state index contributed by atoms with van der Waals surface area (Å²) in [6, 6.07) is 2.04. The number of carbonyl (C=O) groups excluding carboxylic acids is 1. The SMILES string of the molecule is O=C(CN1CCOCC1)N[C@@H](Cc1ccsc1)c1nccs1. The average Bonchev–Trinajstić information content (AvgIpc) is 3.21. The first-order valence-corrected chi connectivity index (χ1v) is 9.13. The van der Waals surface area contributed by atoms with Crippen molar-refractivity contribution in [2.45, 2.75) is 12.5 Å². The van der Waals surface area contributed by atoms with E-state index < -0.39 is 0 Å². The largest absolute Gasteiger partial charge is 0.379 e. The molecule has 22 heavy (non-hydrogen) atoms. The maximum atomic E-state index is 12.3. The highest BCUT2D eigenvalue weighted by atomic mass is 32.1. The summed E-state index contributed by atoms with van der Waals surface area (Å²) in [6.07, 6.45) is 2.57. The van der Waals surface area contributed by atoms with Crippen LogP contribution in [0.2, 0.25) is 0 Å². The summed E-state index contributed by atoms with van der Waals surface area (Å²) < 4.78 is 5.31. The van der Waals surface area contributed by atoms with E-state index in [9.17, 15) is 4.79 Å². The molecule has 1 saturated heterocycles. The molecule has 7 heteroatoms. The molecule has 1 aliphatic heterocycles. The molecule has 2 aromatic heterocycles. The van der Waals surface area contributed by atoms with Gasteiger partial charge in [-0.25, -0.2) is 4.98 Å². The van der Waals surface area contributed by atoms with E-state index in [4.69, 9.17) is 4.74 Å². The molecular formula is C15H19N3O2S2. The Kier molecular flexibility index (Phi) is 5.55. The predicted molar refractivity (Wildman–Crippen MR) is 88.3 cm³/mol. The summed E-state index contributed by atoms with van der Waals surface area (Å²) in [4.78, 5) is 18.8. The van der Waals surface area contributed by atoms with E-state index in [1.807, 2.05) is 5.38 Å². The third-order valence-electron chi connectivity index (χ3n) is 3.58. The van der Waals surface area contributed by atoms with Crippen LogP contribution in [0, 0.1) is 0 Å². The van der Waals surface area contributed by atoms with Crippen molar-refractivity contribution in [3.8, 4) is 0 Å². The second kappa shape index (κ2) is 7.82. The van der Waals surface area contributed by atoms with Gasteiger partial charge in [0.1, 0.15) is 5.01 Å². The molecule has 0 aliphatic carbocycles. The van der Waals surface area contributed by atoms with Gasteiger partial charge in [-0.2, -0.15) is 11.3 Å². The van der Waals surface area contributed by atoms with Crippen LogP contribution in [0.15, 0.2) is 28.4 Å². The molecule has 0 radical (unpaired) electrons. The van der Waals surface area contributed by atoms with Gasteiger partial charge in [0.05, 0.1) is 25.8 Å². The molecule has 0 saturated carbocycles. The third kappa shape index (κ3) is 4.36. The number of ether oxygens (including phenoxy) is 1. The highest BCUT2D eigenvalue weighted by Crippen LogP contribution is 2.21. The van der Waals surface area contributed by atoms with E-state index in [1.165, 1.54) is 5.56 Å². The fourth-order valence-corrected chi connectivity index (χ4v) is 3.82. The molecule has 2 aromatic rings. The number of hydrogen-bond donors (Lipinski definition) is 1. The van der Waals surface area contributed by atoms with Crippen LogP contribution in [0.3, 0.4) is 0 Å². The summed E-state index contributed by atoms with van der Waals surface area (Å²) in [5, 5.41) is 10.2. The summed E-state index contributed by atoms with van der Waals surface area (Å²) >= 11 is 3.26. The van der Waals surface area contributed by atoms with E-state index in [0.717, 1.165) is 24.5 Å². The van der Waals surface area contributed by atoms with Crippen LogP contribution in [0.1, 0.15) is 16.6 Å². The van der Waals surface area contributed by atoms with Crippen molar-refractivity contribution in [2.24, 2.45) is 0 Å². The highest BCUT2D eigenvalue weighted by molar-refractivity contribution is 7.09. The number of amides is 1. The quantitative estimate of drug-likeness (QED) is 0.875. The monoisotopic (exact) mass is 337 g/mol. The molecule has 1 atom stereocenters. The van der Waals surface area contributed by atoms with E-state index in [1.54, 1.807) is 28.9 Å². The van der Waals surface area contributed by atoms with Crippen molar-refractivity contribution >= 4 is 28.6 Å². The zero-order valence-electron chi connectivity index (χ0n) is 12.2. The highest BCUT2D eigenvalue weighted by Gasteiger charge is 2.20. The van der Waals surface area contributed by atoms with Gasteiger partial charge in [-0.15, -0.1) is 11.3 Å². The Hall–Kier alpha value is -1.28. The lowest BCUT2D eigenvalue weighted by atomic mass is 10.1. The lowest BCUT2D eigenvalue weighted by Crippen LogP contribution is -2.44. The van der Waals surface area contributed by atoms with Crippen LogP contribution in [-0.4, -0.2) is 48.6 Å². The van der Waals surface area contributed by atoms with Gasteiger partial charge in [-0.05, 0) is 22.4 Å². The Bertz CT molecular complexity index is 566. The molecule has 5 nitrogen and oxygen atoms in total. The van der Waals surface area contributed by atoms with E-state index in [-0.39, 0.29) is 11.9 Å². The third-order valence-corrected chi connectivity index (χ3v) is 5.20. The van der Waals surface area contributed by atoms with Crippen LogP contribution in [-0.2, 0) is 16.0 Å². The van der Waals surface area contributed by atoms with E-state index in [0.29, 0.717) is 19.8 Å². The number of rotatable bonds is 6. The molecule has 0 bridgehead atoms. The molecule has 118 valence electrons. The van der Waals surface area contributed by atoms with Crippen molar-refractivity contribution in [3.05, 3.63) is 39.0 Å². The molecule has 0 spiro atoms. The van der Waals surface area contributed by atoms with Gasteiger partial charge >= 0.3 is 0 Å². The number of thiophene rings is 1. The van der Waals surface area contributed by atoms with Gasteiger partial charge in [0, 0.05) is 31.1 Å². The molecule has 1 fully saturated rings. The number of nitrogens with one attached hydrogen (secondary N) is 1. The van der Waals surface area contributed by atoms with Crippen molar-refractivity contribution in [1.29, 1.82) is 0 Å². The van der Waals surface area contributed by atoms with E-state index >= 15 is 0 Å². The Labute approximate surface area is 137 Å². The summed E-state index contributed by atoms with van der Waals surface area (Å²) in [7, 11) is 0. The molecule has 1 amide bonds. The summed E-state index contributed by atoms with van der Waals surface area (Å²) in [5.41, 5.74) is 1.23. The van der Waals surface area contributed by atoms with Gasteiger partial charge in [0.2, 0.25) is 5.91 Å². The standard InChI is InChI=1S/C15H19N3O2S2/c19-14(10-18-3-5-20-6-4-18)17-13(15-16-2-8-22-15)9-12-1-7-21-11-12/h1-2,7-8,11,13H,3-6,9-10H2,(H,17,19)/t13-/m0/s1. The first-order chi connectivity index (χ1) is 10.8. The average molecular weight is 337 g/mol. The minimum absolute atomic E-state index is 0.0526. The lowest BCUT2D eigenvalue weighted by molar-refractivity contribution is -0.124. The van der Waals surface area contributed by atoms with Crippen molar-refractivity contribution in [2.75, 3.05) is 32.8 Å². The molecule has 3 heterocycles. The second-order valence-electron chi connectivity index (χ2n) is 5.21. The Morgan fingerprint density at radius 2 is 2.27 bits per heavy atom. The Morgan fingerprint density at radius 3 is 2.95 bits per heavy atom. The molecule has 1 aliphatic rings. The van der Waals surface area contributed by atoms with Crippen LogP contribution in [0.5, 0.6) is 0 Å². The van der Waals surface area contributed by atoms with Crippen LogP contribution >= 0.6 is 22.7 Å². The fraction of sp³-hybridized carbons (Fsp3) is 0.467. The van der Waals surface area contributed by atoms with Gasteiger partial charge in [0.25, 0.3) is 0 Å². The topological polar surface area (TPSA) is 54.5 Å². The maximum Gasteiger partial charge on any atom is 0.234 e. The maximum absolute atomic E-state index is 12.3. The number of nitrogens with zero attached hydrogens (tertiary/aromatic N) is 2. The molecule has 0 unspecified atom stereocenters. The molecule has 1 N–H and O–H groups in total. The first-order valence-electron chi connectivity index (χ1n) is 7.31. The van der Waals surface area contributed by atoms with Crippen molar-refractivity contribution < 1.29 is 9.53 Å². The predicted octanol–water partition coefficient (Wildman–Crippen LogP) is 1.94.